The average molecular weight is 398 g/mol. The van der Waals surface area contributed by atoms with Crippen LogP contribution in [0.3, 0.4) is 0 Å². The van der Waals surface area contributed by atoms with Crippen molar-refractivity contribution in [2.75, 3.05) is 5.32 Å². The van der Waals surface area contributed by atoms with Crippen LogP contribution in [0, 0.1) is 0 Å². The Kier molecular flexibility index (Phi) is 3.27. The Bertz CT molecular complexity index is 1090. The molecule has 25 heavy (non-hydrogen) atoms. The van der Waals surface area contributed by atoms with Crippen molar-refractivity contribution in [2.24, 2.45) is 7.05 Å². The van der Waals surface area contributed by atoms with Crippen LogP contribution in [0.1, 0.15) is 24.7 Å². The number of benzene rings is 1. The minimum Gasteiger partial charge on any atom is -0.362 e. The molecule has 1 N–H and O–H groups in total. The lowest BCUT2D eigenvalue weighted by atomic mass is 10.3. The van der Waals surface area contributed by atoms with Crippen molar-refractivity contribution in [3.05, 3.63) is 41.0 Å². The third-order valence-electron chi connectivity index (χ3n) is 4.57. The van der Waals surface area contributed by atoms with Crippen molar-refractivity contribution < 1.29 is 0 Å². The summed E-state index contributed by atoms with van der Waals surface area (Å²) in [6.07, 6.45) is 4.00. The molecule has 0 aliphatic heterocycles. The summed E-state index contributed by atoms with van der Waals surface area (Å²) < 4.78 is 4.84. The van der Waals surface area contributed by atoms with Gasteiger partial charge in [-0.1, -0.05) is 12.1 Å². The van der Waals surface area contributed by atoms with Gasteiger partial charge < -0.3 is 9.88 Å². The predicted molar refractivity (Wildman–Crippen MR) is 99.3 cm³/mol. The molecule has 1 aliphatic rings. The first-order valence-electron chi connectivity index (χ1n) is 8.25. The number of nitrogens with zero attached hydrogens (tertiary/aromatic N) is 6. The predicted octanol–water partition coefficient (Wildman–Crippen LogP) is 3.42. The van der Waals surface area contributed by atoms with Gasteiger partial charge in [0.1, 0.15) is 22.6 Å². The number of hydrogen-bond acceptors (Lipinski definition) is 5. The van der Waals surface area contributed by atoms with Crippen LogP contribution in [0.5, 0.6) is 0 Å². The second-order valence-electron chi connectivity index (χ2n) is 6.31. The molecular formula is C17H16BrN7. The van der Waals surface area contributed by atoms with Crippen molar-refractivity contribution in [2.45, 2.75) is 25.4 Å². The number of aryl methyl sites for hydroxylation is 1. The minimum atomic E-state index is 0.569. The number of fused-ring (bicyclic) bond motifs is 2. The van der Waals surface area contributed by atoms with Crippen molar-refractivity contribution in [1.82, 2.24) is 29.3 Å². The number of hydrogen-bond donors (Lipinski definition) is 1. The van der Waals surface area contributed by atoms with Gasteiger partial charge in [-0.15, -0.1) is 0 Å². The van der Waals surface area contributed by atoms with Crippen molar-refractivity contribution in [3.8, 4) is 0 Å². The molecule has 0 bridgehead atoms. The topological polar surface area (TPSA) is 73.5 Å². The van der Waals surface area contributed by atoms with Gasteiger partial charge in [-0.05, 0) is 40.9 Å². The maximum Gasteiger partial charge on any atom is 0.164 e. The smallest absolute Gasteiger partial charge is 0.164 e. The molecule has 0 radical (unpaired) electrons. The van der Waals surface area contributed by atoms with Crippen LogP contribution in [0.2, 0.25) is 0 Å². The summed E-state index contributed by atoms with van der Waals surface area (Å²) in [7, 11) is 1.87. The lowest BCUT2D eigenvalue weighted by Crippen LogP contribution is -2.09. The normalized spacial score (nSPS) is 14.5. The fourth-order valence-electron chi connectivity index (χ4n) is 3.30. The van der Waals surface area contributed by atoms with Crippen molar-refractivity contribution in [3.63, 3.8) is 0 Å². The molecule has 1 aliphatic carbocycles. The molecule has 1 fully saturated rings. The Morgan fingerprint density at radius 2 is 2.08 bits per heavy atom. The summed E-state index contributed by atoms with van der Waals surface area (Å²) in [4.78, 5) is 13.5. The van der Waals surface area contributed by atoms with Gasteiger partial charge in [0, 0.05) is 13.1 Å². The highest BCUT2D eigenvalue weighted by Crippen LogP contribution is 2.39. The second kappa shape index (κ2) is 5.52. The van der Waals surface area contributed by atoms with Crippen LogP contribution in [0.4, 0.5) is 5.82 Å². The van der Waals surface area contributed by atoms with Crippen LogP contribution >= 0.6 is 15.9 Å². The van der Waals surface area contributed by atoms with Crippen LogP contribution in [-0.2, 0) is 13.6 Å². The average Bonchev–Trinajstić information content (AvgIpc) is 3.32. The molecule has 4 aromatic rings. The van der Waals surface area contributed by atoms with E-state index in [0.717, 1.165) is 32.8 Å². The Balaban J connectivity index is 1.53. The van der Waals surface area contributed by atoms with E-state index in [4.69, 9.17) is 4.98 Å². The summed E-state index contributed by atoms with van der Waals surface area (Å²) in [5.41, 5.74) is 3.04. The van der Waals surface area contributed by atoms with E-state index in [2.05, 4.69) is 59.1 Å². The van der Waals surface area contributed by atoms with Crippen LogP contribution < -0.4 is 5.32 Å². The van der Waals surface area contributed by atoms with Crippen LogP contribution in [0.25, 0.3) is 22.1 Å². The Hall–Kier alpha value is -2.48. The van der Waals surface area contributed by atoms with Gasteiger partial charge in [0.2, 0.25) is 0 Å². The third-order valence-corrected chi connectivity index (χ3v) is 5.13. The quantitative estimate of drug-likeness (QED) is 0.570. The van der Waals surface area contributed by atoms with Gasteiger partial charge >= 0.3 is 0 Å². The molecule has 5 rings (SSSR count). The highest BCUT2D eigenvalue weighted by Gasteiger charge is 2.28. The van der Waals surface area contributed by atoms with Gasteiger partial charge in [0.05, 0.1) is 23.0 Å². The molecule has 3 aromatic heterocycles. The lowest BCUT2D eigenvalue weighted by Gasteiger charge is -2.09. The number of imidazole rings is 1. The number of para-hydroxylation sites is 2. The SMILES string of the molecule is Cn1nc(Br)c2c(NCc3nc4ccccc4n3C3CC3)ncnc21. The zero-order chi connectivity index (χ0) is 17.0. The summed E-state index contributed by atoms with van der Waals surface area (Å²) in [6, 6.07) is 8.88. The molecule has 8 heteroatoms. The minimum absolute atomic E-state index is 0.569. The van der Waals surface area contributed by atoms with E-state index in [0.29, 0.717) is 12.6 Å². The molecular weight excluding hydrogens is 382 g/mol. The van der Waals surface area contributed by atoms with Crippen LogP contribution in [0.15, 0.2) is 35.2 Å². The molecule has 0 atom stereocenters. The molecule has 1 aromatic carbocycles. The van der Waals surface area contributed by atoms with E-state index in [1.807, 2.05) is 13.1 Å². The largest absolute Gasteiger partial charge is 0.362 e. The first kappa shape index (κ1) is 14.8. The molecule has 126 valence electrons. The van der Waals surface area contributed by atoms with Gasteiger partial charge in [-0.25, -0.2) is 19.6 Å². The number of anilines is 1. The summed E-state index contributed by atoms with van der Waals surface area (Å²) in [6.45, 7) is 0.610. The van der Waals surface area contributed by atoms with Gasteiger partial charge in [-0.2, -0.15) is 5.10 Å². The Morgan fingerprint density at radius 1 is 1.24 bits per heavy atom. The number of aromatic nitrogens is 6. The molecule has 0 amide bonds. The highest BCUT2D eigenvalue weighted by atomic mass is 79.9. The first-order valence-corrected chi connectivity index (χ1v) is 9.04. The molecule has 0 unspecified atom stereocenters. The second-order valence-corrected chi connectivity index (χ2v) is 7.06. The molecule has 7 nitrogen and oxygen atoms in total. The number of nitrogens with one attached hydrogen (secondary N) is 1. The first-order chi connectivity index (χ1) is 12.2. The monoisotopic (exact) mass is 397 g/mol. The van der Waals surface area contributed by atoms with E-state index in [1.54, 1.807) is 11.0 Å². The fourth-order valence-corrected chi connectivity index (χ4v) is 3.90. The Labute approximate surface area is 152 Å². The third kappa shape index (κ3) is 2.39. The van der Waals surface area contributed by atoms with E-state index >= 15 is 0 Å². The van der Waals surface area contributed by atoms with E-state index < -0.39 is 0 Å². The van der Waals surface area contributed by atoms with Gasteiger partial charge in [0.25, 0.3) is 0 Å². The molecule has 3 heterocycles. The van der Waals surface area contributed by atoms with Crippen LogP contribution in [-0.4, -0.2) is 29.3 Å². The van der Waals surface area contributed by atoms with E-state index in [1.165, 1.54) is 18.4 Å². The summed E-state index contributed by atoms with van der Waals surface area (Å²) in [5.74, 6) is 1.80. The summed E-state index contributed by atoms with van der Waals surface area (Å²) >= 11 is 3.50. The standard InChI is InChI=1S/C17H16BrN7/c1-24-17-14(15(18)23-24)16(20-9-21-17)19-8-13-22-11-4-2-3-5-12(11)25(13)10-6-7-10/h2-5,9-10H,6-8H2,1H3,(H,19,20,21). The molecule has 0 saturated heterocycles. The fraction of sp³-hybridized carbons (Fsp3) is 0.294. The highest BCUT2D eigenvalue weighted by molar-refractivity contribution is 9.10. The maximum atomic E-state index is 4.82. The number of halogens is 1. The van der Waals surface area contributed by atoms with Gasteiger partial charge in [-0.3, -0.25) is 0 Å². The zero-order valence-electron chi connectivity index (χ0n) is 13.6. The molecule has 1 saturated carbocycles. The van der Waals surface area contributed by atoms with Crippen molar-refractivity contribution >= 4 is 43.8 Å². The van der Waals surface area contributed by atoms with Crippen molar-refractivity contribution in [1.29, 1.82) is 0 Å². The molecule has 0 spiro atoms. The maximum absolute atomic E-state index is 4.82. The lowest BCUT2D eigenvalue weighted by molar-refractivity contribution is 0.710. The van der Waals surface area contributed by atoms with E-state index in [9.17, 15) is 0 Å². The summed E-state index contributed by atoms with van der Waals surface area (Å²) in [5, 5.41) is 8.68. The van der Waals surface area contributed by atoms with Gasteiger partial charge in [0.15, 0.2) is 5.65 Å². The zero-order valence-corrected chi connectivity index (χ0v) is 15.2. The Morgan fingerprint density at radius 3 is 2.92 bits per heavy atom. The van der Waals surface area contributed by atoms with E-state index in [-0.39, 0.29) is 0 Å². The number of rotatable bonds is 4.